The fourth-order valence-corrected chi connectivity index (χ4v) is 9.29. The molecule has 0 aliphatic rings. The van der Waals surface area contributed by atoms with Crippen molar-refractivity contribution in [3.63, 3.8) is 0 Å². The largest absolute Gasteiger partial charge is 0.309 e. The summed E-state index contributed by atoms with van der Waals surface area (Å²) < 4.78 is 7.28. The summed E-state index contributed by atoms with van der Waals surface area (Å²) >= 11 is 0. The SMILES string of the molecule is c1ccc(-c2cccc(-c3cccc(-n4c5ccccc5c5ccc(-n6c7ccccc7c7cc(-n8c9ccccc9c9ccccc98)ccc76)cc54)c3)c2)cc1. The highest BCUT2D eigenvalue weighted by Crippen LogP contribution is 2.39. The Morgan fingerprint density at radius 2 is 0.579 bits per heavy atom. The lowest BCUT2D eigenvalue weighted by atomic mass is 9.99. The summed E-state index contributed by atoms with van der Waals surface area (Å²) in [5.41, 5.74) is 15.4. The van der Waals surface area contributed by atoms with Crippen molar-refractivity contribution < 1.29 is 0 Å². The van der Waals surface area contributed by atoms with Crippen LogP contribution >= 0.6 is 0 Å². The maximum Gasteiger partial charge on any atom is 0.0561 e. The molecule has 0 saturated heterocycles. The van der Waals surface area contributed by atoms with E-state index < -0.39 is 0 Å². The molecule has 0 radical (unpaired) electrons. The molecular formula is C54H35N3. The number of aromatic nitrogens is 3. The van der Waals surface area contributed by atoms with Crippen molar-refractivity contribution in [3.8, 4) is 39.3 Å². The van der Waals surface area contributed by atoms with Gasteiger partial charge in [-0.3, -0.25) is 0 Å². The molecule has 3 aromatic heterocycles. The van der Waals surface area contributed by atoms with Crippen LogP contribution in [0.2, 0.25) is 0 Å². The number of nitrogens with zero attached hydrogens (tertiary/aromatic N) is 3. The normalized spacial score (nSPS) is 11.9. The Morgan fingerprint density at radius 3 is 1.19 bits per heavy atom. The number of hydrogen-bond acceptors (Lipinski definition) is 0. The van der Waals surface area contributed by atoms with Crippen LogP contribution in [0.4, 0.5) is 0 Å². The molecule has 0 bridgehead atoms. The second-order valence-electron chi connectivity index (χ2n) is 15.0. The van der Waals surface area contributed by atoms with Crippen LogP contribution in [0.5, 0.6) is 0 Å². The van der Waals surface area contributed by atoms with Gasteiger partial charge in [0.1, 0.15) is 0 Å². The van der Waals surface area contributed by atoms with E-state index >= 15 is 0 Å². The highest BCUT2D eigenvalue weighted by Gasteiger charge is 2.19. The molecule has 0 fully saturated rings. The van der Waals surface area contributed by atoms with Crippen LogP contribution in [-0.4, -0.2) is 13.7 Å². The Hall–Kier alpha value is -7.62. The maximum absolute atomic E-state index is 2.44. The zero-order valence-corrected chi connectivity index (χ0v) is 31.0. The van der Waals surface area contributed by atoms with E-state index in [0.717, 1.165) is 17.1 Å². The average Bonchev–Trinajstić information content (AvgIpc) is 3.92. The smallest absolute Gasteiger partial charge is 0.0561 e. The molecule has 3 nitrogen and oxygen atoms in total. The summed E-state index contributed by atoms with van der Waals surface area (Å²) in [6, 6.07) is 77.5. The van der Waals surface area contributed by atoms with Crippen molar-refractivity contribution in [1.29, 1.82) is 0 Å². The molecule has 0 N–H and O–H groups in total. The van der Waals surface area contributed by atoms with Crippen molar-refractivity contribution >= 4 is 65.4 Å². The first-order valence-electron chi connectivity index (χ1n) is 19.6. The number of hydrogen-bond donors (Lipinski definition) is 0. The molecule has 0 amide bonds. The Bertz CT molecular complexity index is 3470. The lowest BCUT2D eigenvalue weighted by Crippen LogP contribution is -1.98. The number of fused-ring (bicyclic) bond motifs is 9. The molecule has 12 rings (SSSR count). The molecule has 266 valence electrons. The molecule has 12 aromatic rings. The van der Waals surface area contributed by atoms with E-state index in [2.05, 4.69) is 226 Å². The van der Waals surface area contributed by atoms with Gasteiger partial charge in [0, 0.05) is 49.4 Å². The number of rotatable bonds is 5. The van der Waals surface area contributed by atoms with Gasteiger partial charge < -0.3 is 13.7 Å². The van der Waals surface area contributed by atoms with Gasteiger partial charge in [0.25, 0.3) is 0 Å². The van der Waals surface area contributed by atoms with Crippen molar-refractivity contribution in [2.45, 2.75) is 0 Å². The predicted octanol–water partition coefficient (Wildman–Crippen LogP) is 14.3. The third kappa shape index (κ3) is 4.86. The molecule has 0 atom stereocenters. The summed E-state index contributed by atoms with van der Waals surface area (Å²) in [5, 5.41) is 7.49. The van der Waals surface area contributed by atoms with Crippen LogP contribution in [0.3, 0.4) is 0 Å². The van der Waals surface area contributed by atoms with Gasteiger partial charge in [-0.1, -0.05) is 140 Å². The van der Waals surface area contributed by atoms with E-state index in [4.69, 9.17) is 0 Å². The number of benzene rings is 9. The maximum atomic E-state index is 2.44. The summed E-state index contributed by atoms with van der Waals surface area (Å²) in [6.07, 6.45) is 0. The topological polar surface area (TPSA) is 14.8 Å². The molecule has 57 heavy (non-hydrogen) atoms. The predicted molar refractivity (Wildman–Crippen MR) is 240 cm³/mol. The Morgan fingerprint density at radius 1 is 0.193 bits per heavy atom. The van der Waals surface area contributed by atoms with Crippen molar-refractivity contribution in [3.05, 3.63) is 212 Å². The van der Waals surface area contributed by atoms with Gasteiger partial charge in [0.05, 0.1) is 33.1 Å². The highest BCUT2D eigenvalue weighted by atomic mass is 15.0. The van der Waals surface area contributed by atoms with Gasteiger partial charge >= 0.3 is 0 Å². The van der Waals surface area contributed by atoms with Crippen LogP contribution < -0.4 is 0 Å². The molecular weight excluding hydrogens is 691 g/mol. The van der Waals surface area contributed by atoms with Crippen molar-refractivity contribution in [1.82, 2.24) is 13.7 Å². The third-order valence-electron chi connectivity index (χ3n) is 11.8. The molecule has 0 aliphatic heterocycles. The highest BCUT2D eigenvalue weighted by molar-refractivity contribution is 6.13. The quantitative estimate of drug-likeness (QED) is 0.168. The van der Waals surface area contributed by atoms with Gasteiger partial charge in [0.2, 0.25) is 0 Å². The average molecular weight is 726 g/mol. The zero-order valence-electron chi connectivity index (χ0n) is 31.0. The minimum Gasteiger partial charge on any atom is -0.309 e. The fourth-order valence-electron chi connectivity index (χ4n) is 9.29. The van der Waals surface area contributed by atoms with Gasteiger partial charge in [0.15, 0.2) is 0 Å². The molecule has 9 aromatic carbocycles. The number of para-hydroxylation sites is 4. The van der Waals surface area contributed by atoms with E-state index in [-0.39, 0.29) is 0 Å². The summed E-state index contributed by atoms with van der Waals surface area (Å²) in [6.45, 7) is 0. The first-order chi connectivity index (χ1) is 28.3. The second-order valence-corrected chi connectivity index (χ2v) is 15.0. The second kappa shape index (κ2) is 12.5. The summed E-state index contributed by atoms with van der Waals surface area (Å²) in [7, 11) is 0. The minimum atomic E-state index is 1.13. The summed E-state index contributed by atoms with van der Waals surface area (Å²) in [5.74, 6) is 0. The minimum absolute atomic E-state index is 1.13. The molecule has 0 aliphatic carbocycles. The van der Waals surface area contributed by atoms with Gasteiger partial charge in [-0.2, -0.15) is 0 Å². The molecule has 0 saturated carbocycles. The lowest BCUT2D eigenvalue weighted by molar-refractivity contribution is 1.15. The Balaban J connectivity index is 1.05. The van der Waals surface area contributed by atoms with E-state index in [1.807, 2.05) is 0 Å². The van der Waals surface area contributed by atoms with Gasteiger partial charge in [-0.05, 0) is 95.1 Å². The van der Waals surface area contributed by atoms with E-state index in [1.54, 1.807) is 0 Å². The Labute approximate surface area is 329 Å². The van der Waals surface area contributed by atoms with Crippen LogP contribution in [0, 0.1) is 0 Å². The van der Waals surface area contributed by atoms with Crippen LogP contribution in [-0.2, 0) is 0 Å². The van der Waals surface area contributed by atoms with Crippen LogP contribution in [0.15, 0.2) is 212 Å². The monoisotopic (exact) mass is 725 g/mol. The van der Waals surface area contributed by atoms with Crippen LogP contribution in [0.1, 0.15) is 0 Å². The fraction of sp³-hybridized carbons (Fsp3) is 0. The first kappa shape index (κ1) is 31.7. The Kier molecular flexibility index (Phi) is 6.93. The van der Waals surface area contributed by atoms with Gasteiger partial charge in [-0.25, -0.2) is 0 Å². The molecule has 3 heterocycles. The summed E-state index contributed by atoms with van der Waals surface area (Å²) in [4.78, 5) is 0. The molecule has 3 heteroatoms. The van der Waals surface area contributed by atoms with Crippen molar-refractivity contribution in [2.24, 2.45) is 0 Å². The lowest BCUT2D eigenvalue weighted by Gasteiger charge is -2.13. The standard InChI is InChI=1S/C54H35N3/c1-2-14-36(15-3-1)37-16-12-17-38(32-37)39-18-13-19-40(33-39)57-51-26-10-6-22-45(51)47-30-28-42(35-54(47)57)56-52-27-11-7-23-46(52)48-34-41(29-31-53(48)56)55-49-24-8-4-20-43(49)44-21-5-9-25-50(44)55/h1-35H. The van der Waals surface area contributed by atoms with Crippen LogP contribution in [0.25, 0.3) is 105 Å². The van der Waals surface area contributed by atoms with E-state index in [0.29, 0.717) is 0 Å². The van der Waals surface area contributed by atoms with E-state index in [9.17, 15) is 0 Å². The molecule has 0 spiro atoms. The third-order valence-corrected chi connectivity index (χ3v) is 11.8. The zero-order chi connectivity index (χ0) is 37.5. The molecule has 0 unspecified atom stereocenters. The van der Waals surface area contributed by atoms with E-state index in [1.165, 1.54) is 87.7 Å². The van der Waals surface area contributed by atoms with Gasteiger partial charge in [-0.15, -0.1) is 0 Å². The first-order valence-corrected chi connectivity index (χ1v) is 19.6. The van der Waals surface area contributed by atoms with Crippen molar-refractivity contribution in [2.75, 3.05) is 0 Å².